The van der Waals surface area contributed by atoms with E-state index in [4.69, 9.17) is 11.1 Å². The van der Waals surface area contributed by atoms with Crippen LogP contribution in [0.5, 0.6) is 0 Å². The molecule has 3 N–H and O–H groups in total. The maximum Gasteiger partial charge on any atom is 0.0923 e. The van der Waals surface area contributed by atoms with Crippen LogP contribution in [0.15, 0.2) is 42.7 Å². The summed E-state index contributed by atoms with van der Waals surface area (Å²) in [5.74, 6) is 0.218. The zero-order valence-corrected chi connectivity index (χ0v) is 11.8. The van der Waals surface area contributed by atoms with Crippen molar-refractivity contribution in [1.29, 1.82) is 5.41 Å². The number of anilines is 1. The van der Waals surface area contributed by atoms with Crippen molar-refractivity contribution in [2.45, 2.75) is 26.4 Å². The minimum Gasteiger partial charge on any atom is -0.388 e. The first-order valence-corrected chi connectivity index (χ1v) is 6.83. The molecule has 0 unspecified atom stereocenters. The van der Waals surface area contributed by atoms with Crippen LogP contribution in [-0.4, -0.2) is 22.2 Å². The number of hydrogen-bond acceptors (Lipinski definition) is 3. The Hall–Kier alpha value is -2.30. The Kier molecular flexibility index (Phi) is 4.76. The molecule has 0 saturated heterocycles. The molecule has 20 heavy (non-hydrogen) atoms. The fraction of sp³-hybridized carbons (Fsp3) is 0.333. The largest absolute Gasteiger partial charge is 0.388 e. The monoisotopic (exact) mass is 271 g/mol. The average Bonchev–Trinajstić information content (AvgIpc) is 2.92. The lowest BCUT2D eigenvalue weighted by molar-refractivity contribution is 0.658. The van der Waals surface area contributed by atoms with Gasteiger partial charge in [-0.1, -0.05) is 18.2 Å². The fourth-order valence-corrected chi connectivity index (χ4v) is 2.08. The summed E-state index contributed by atoms with van der Waals surface area (Å²) < 4.78 is 1.92. The van der Waals surface area contributed by atoms with Gasteiger partial charge in [-0.05, 0) is 19.1 Å². The molecular weight excluding hydrogens is 250 g/mol. The van der Waals surface area contributed by atoms with Gasteiger partial charge < -0.3 is 10.6 Å². The van der Waals surface area contributed by atoms with E-state index >= 15 is 0 Å². The highest BCUT2D eigenvalue weighted by Gasteiger charge is 2.09. The van der Waals surface area contributed by atoms with Crippen molar-refractivity contribution in [2.24, 2.45) is 5.73 Å². The quantitative estimate of drug-likeness (QED) is 0.599. The molecular formula is C15H21N5. The molecule has 0 aliphatic rings. The number of para-hydroxylation sites is 1. The molecule has 0 fully saturated rings. The number of hydrogen-bond donors (Lipinski definition) is 2. The molecule has 0 atom stereocenters. The van der Waals surface area contributed by atoms with Crippen LogP contribution < -0.4 is 10.6 Å². The first-order chi connectivity index (χ1) is 9.69. The molecule has 1 aromatic heterocycles. The highest BCUT2D eigenvalue weighted by molar-refractivity contribution is 5.77. The lowest BCUT2D eigenvalue weighted by Crippen LogP contribution is -2.27. The maximum absolute atomic E-state index is 7.40. The first-order valence-electron chi connectivity index (χ1n) is 6.83. The highest BCUT2D eigenvalue weighted by Crippen LogP contribution is 2.17. The van der Waals surface area contributed by atoms with Crippen molar-refractivity contribution in [2.75, 3.05) is 11.4 Å². The third-order valence-electron chi connectivity index (χ3n) is 3.16. The Labute approximate surface area is 119 Å². The van der Waals surface area contributed by atoms with Gasteiger partial charge in [-0.15, -0.1) is 0 Å². The molecule has 1 heterocycles. The minimum atomic E-state index is 0.218. The number of nitrogens with one attached hydrogen (secondary N) is 1. The van der Waals surface area contributed by atoms with E-state index in [1.54, 1.807) is 0 Å². The molecule has 2 aromatic rings. The number of benzene rings is 1. The first kappa shape index (κ1) is 14.1. The summed E-state index contributed by atoms with van der Waals surface area (Å²) in [6.45, 7) is 4.45. The Bertz CT molecular complexity index is 546. The van der Waals surface area contributed by atoms with E-state index < -0.39 is 0 Å². The Morgan fingerprint density at radius 2 is 2.10 bits per heavy atom. The second-order valence-electron chi connectivity index (χ2n) is 4.74. The number of aromatic nitrogens is 2. The summed E-state index contributed by atoms with van der Waals surface area (Å²) >= 11 is 0. The van der Waals surface area contributed by atoms with Crippen molar-refractivity contribution >= 4 is 11.5 Å². The molecule has 0 aliphatic carbocycles. The number of aryl methyl sites for hydroxylation is 1. The molecule has 0 radical (unpaired) electrons. The van der Waals surface area contributed by atoms with Crippen LogP contribution in [0, 0.1) is 5.41 Å². The summed E-state index contributed by atoms with van der Waals surface area (Å²) in [7, 11) is 0. The topological polar surface area (TPSA) is 70.9 Å². The van der Waals surface area contributed by atoms with Crippen molar-refractivity contribution in [3.63, 3.8) is 0 Å². The van der Waals surface area contributed by atoms with Crippen LogP contribution in [0.25, 0.3) is 0 Å². The number of nitrogens with two attached hydrogens (primary N) is 1. The van der Waals surface area contributed by atoms with Gasteiger partial charge in [0.2, 0.25) is 0 Å². The molecule has 0 saturated carbocycles. The molecule has 0 amide bonds. The normalized spacial score (nSPS) is 10.4. The lowest BCUT2D eigenvalue weighted by atomic mass is 10.2. The average molecular weight is 271 g/mol. The Balaban J connectivity index is 2.11. The number of nitrogens with zero attached hydrogens (tertiary/aromatic N) is 3. The highest BCUT2D eigenvalue weighted by atomic mass is 15.3. The predicted molar refractivity (Wildman–Crippen MR) is 81.9 cm³/mol. The zero-order valence-electron chi connectivity index (χ0n) is 11.8. The van der Waals surface area contributed by atoms with Gasteiger partial charge in [0.25, 0.3) is 0 Å². The van der Waals surface area contributed by atoms with Crippen molar-refractivity contribution in [3.8, 4) is 0 Å². The molecule has 0 bridgehead atoms. The summed E-state index contributed by atoms with van der Waals surface area (Å²) in [6.07, 6.45) is 4.52. The van der Waals surface area contributed by atoms with Crippen LogP contribution in [0.2, 0.25) is 0 Å². The van der Waals surface area contributed by atoms with E-state index in [1.807, 2.05) is 29.1 Å². The van der Waals surface area contributed by atoms with Crippen molar-refractivity contribution in [1.82, 2.24) is 9.78 Å². The van der Waals surface area contributed by atoms with Crippen molar-refractivity contribution in [3.05, 3.63) is 48.3 Å². The molecule has 5 nitrogen and oxygen atoms in total. The van der Waals surface area contributed by atoms with Gasteiger partial charge in [0.05, 0.1) is 12.0 Å². The molecule has 0 aliphatic heterocycles. The van der Waals surface area contributed by atoms with E-state index in [-0.39, 0.29) is 5.84 Å². The Morgan fingerprint density at radius 1 is 1.35 bits per heavy atom. The standard InChI is InChI=1S/C15H21N5/c1-2-20-12-13(10-18-20)11-19(9-8-15(16)17)14-6-4-3-5-7-14/h3-7,10,12H,2,8-9,11H2,1H3,(H3,16,17). The summed E-state index contributed by atoms with van der Waals surface area (Å²) in [6, 6.07) is 10.2. The van der Waals surface area contributed by atoms with E-state index in [1.165, 1.54) is 5.56 Å². The van der Waals surface area contributed by atoms with E-state index in [9.17, 15) is 0 Å². The molecule has 5 heteroatoms. The third-order valence-corrected chi connectivity index (χ3v) is 3.16. The predicted octanol–water partition coefficient (Wildman–Crippen LogP) is 2.24. The van der Waals surface area contributed by atoms with Crippen LogP contribution in [0.4, 0.5) is 5.69 Å². The van der Waals surface area contributed by atoms with Gasteiger partial charge in [0.1, 0.15) is 0 Å². The maximum atomic E-state index is 7.40. The van der Waals surface area contributed by atoms with E-state index in [0.29, 0.717) is 6.42 Å². The van der Waals surface area contributed by atoms with Gasteiger partial charge in [-0.2, -0.15) is 5.10 Å². The smallest absolute Gasteiger partial charge is 0.0923 e. The number of amidine groups is 1. The summed E-state index contributed by atoms with van der Waals surface area (Å²) in [5.41, 5.74) is 7.78. The second kappa shape index (κ2) is 6.75. The molecule has 0 spiro atoms. The van der Waals surface area contributed by atoms with Gasteiger partial charge in [0, 0.05) is 43.5 Å². The van der Waals surface area contributed by atoms with Crippen LogP contribution in [-0.2, 0) is 13.1 Å². The fourth-order valence-electron chi connectivity index (χ4n) is 2.08. The Morgan fingerprint density at radius 3 is 2.70 bits per heavy atom. The molecule has 106 valence electrons. The summed E-state index contributed by atoms with van der Waals surface area (Å²) in [4.78, 5) is 2.22. The zero-order chi connectivity index (χ0) is 14.4. The van der Waals surface area contributed by atoms with Gasteiger partial charge >= 0.3 is 0 Å². The van der Waals surface area contributed by atoms with Crippen LogP contribution in [0.3, 0.4) is 0 Å². The SMILES string of the molecule is CCn1cc(CN(CCC(=N)N)c2ccccc2)cn1. The van der Waals surface area contributed by atoms with E-state index in [0.717, 1.165) is 25.3 Å². The molecule has 1 aromatic carbocycles. The van der Waals surface area contributed by atoms with Crippen LogP contribution in [0.1, 0.15) is 18.9 Å². The van der Waals surface area contributed by atoms with E-state index in [2.05, 4.69) is 35.3 Å². The minimum absolute atomic E-state index is 0.218. The second-order valence-corrected chi connectivity index (χ2v) is 4.74. The van der Waals surface area contributed by atoms with Crippen molar-refractivity contribution < 1.29 is 0 Å². The van der Waals surface area contributed by atoms with Gasteiger partial charge in [-0.25, -0.2) is 0 Å². The summed E-state index contributed by atoms with van der Waals surface area (Å²) in [5, 5.41) is 11.7. The lowest BCUT2D eigenvalue weighted by Gasteiger charge is -2.24. The van der Waals surface area contributed by atoms with Gasteiger partial charge in [0.15, 0.2) is 0 Å². The number of rotatable bonds is 7. The third kappa shape index (κ3) is 3.85. The van der Waals surface area contributed by atoms with Crippen LogP contribution >= 0.6 is 0 Å². The molecule has 2 rings (SSSR count). The van der Waals surface area contributed by atoms with Gasteiger partial charge in [-0.3, -0.25) is 10.1 Å².